The maximum absolute atomic E-state index is 2.48. The second kappa shape index (κ2) is 9.57. The lowest BCUT2D eigenvalue weighted by molar-refractivity contribution is 1.20. The maximum Gasteiger partial charge on any atom is 0.0547 e. The zero-order chi connectivity index (χ0) is 31.3. The van der Waals surface area contributed by atoms with Gasteiger partial charge >= 0.3 is 0 Å². The molecule has 48 heavy (non-hydrogen) atoms. The molecule has 0 radical (unpaired) electrons. The highest BCUT2D eigenvalue weighted by Crippen LogP contribution is 2.46. The summed E-state index contributed by atoms with van der Waals surface area (Å²) in [4.78, 5) is 0. The van der Waals surface area contributed by atoms with Crippen LogP contribution in [0.5, 0.6) is 0 Å². The van der Waals surface area contributed by atoms with Crippen molar-refractivity contribution in [3.63, 3.8) is 0 Å². The second-order valence-corrected chi connectivity index (χ2v) is 12.9. The first-order valence-corrected chi connectivity index (χ1v) is 16.6. The molecule has 0 aliphatic carbocycles. The Morgan fingerprint density at radius 2 is 0.729 bits per heavy atom. The van der Waals surface area contributed by atoms with E-state index in [2.05, 4.69) is 179 Å². The molecule has 9 aromatic carbocycles. The van der Waals surface area contributed by atoms with Gasteiger partial charge in [0.05, 0.1) is 33.4 Å². The number of hydrogen-bond acceptors (Lipinski definition) is 0. The molecule has 0 bridgehead atoms. The summed E-state index contributed by atoms with van der Waals surface area (Å²) in [6, 6.07) is 62.5. The Bertz CT molecular complexity index is 2940. The average molecular weight is 609 g/mol. The van der Waals surface area contributed by atoms with Gasteiger partial charge in [-0.05, 0) is 63.7 Å². The van der Waals surface area contributed by atoms with E-state index in [0.29, 0.717) is 0 Å². The minimum absolute atomic E-state index is 1.20. The maximum atomic E-state index is 2.48. The Morgan fingerprint density at radius 3 is 1.31 bits per heavy atom. The van der Waals surface area contributed by atoms with Crippen LogP contribution in [-0.2, 0) is 0 Å². The highest BCUT2D eigenvalue weighted by atomic mass is 15.0. The molecule has 0 spiro atoms. The van der Waals surface area contributed by atoms with Crippen LogP contribution in [0.4, 0.5) is 0 Å². The first-order valence-electron chi connectivity index (χ1n) is 16.6. The van der Waals surface area contributed by atoms with Crippen molar-refractivity contribution in [3.05, 3.63) is 170 Å². The molecular weight excluding hydrogens is 581 g/mol. The lowest BCUT2D eigenvalue weighted by atomic mass is 9.88. The summed E-state index contributed by atoms with van der Waals surface area (Å²) in [6.45, 7) is 0. The minimum Gasteiger partial charge on any atom is -0.309 e. The Hall–Kier alpha value is -6.38. The molecule has 2 nitrogen and oxygen atoms in total. The van der Waals surface area contributed by atoms with E-state index in [1.807, 2.05) is 0 Å². The number of benzene rings is 9. The molecule has 0 fully saturated rings. The van der Waals surface area contributed by atoms with Crippen LogP contribution in [0.25, 0.3) is 98.4 Å². The molecule has 0 atom stereocenters. The van der Waals surface area contributed by atoms with Crippen LogP contribution in [0, 0.1) is 0 Å². The molecule has 2 aromatic heterocycles. The number of para-hydroxylation sites is 4. The van der Waals surface area contributed by atoms with Gasteiger partial charge in [-0.25, -0.2) is 0 Å². The summed E-state index contributed by atoms with van der Waals surface area (Å²) in [7, 11) is 0. The lowest BCUT2D eigenvalue weighted by Crippen LogP contribution is -2.00. The largest absolute Gasteiger partial charge is 0.309 e. The summed E-state index contributed by atoms with van der Waals surface area (Å²) in [5.41, 5.74) is 9.77. The van der Waals surface area contributed by atoms with E-state index in [-0.39, 0.29) is 0 Å². The van der Waals surface area contributed by atoms with Crippen LogP contribution < -0.4 is 0 Å². The van der Waals surface area contributed by atoms with Crippen LogP contribution in [0.15, 0.2) is 170 Å². The molecule has 0 aliphatic rings. The van der Waals surface area contributed by atoms with Crippen molar-refractivity contribution in [2.75, 3.05) is 0 Å². The number of aromatic nitrogens is 2. The molecule has 11 aromatic rings. The molecule has 0 saturated heterocycles. The zero-order valence-electron chi connectivity index (χ0n) is 26.1. The highest BCUT2D eigenvalue weighted by Gasteiger charge is 2.22. The fourth-order valence-corrected chi connectivity index (χ4v) is 8.46. The predicted octanol–water partition coefficient (Wildman–Crippen LogP) is 12.4. The van der Waals surface area contributed by atoms with E-state index in [0.717, 1.165) is 0 Å². The number of fused-ring (bicyclic) bond motifs is 6. The van der Waals surface area contributed by atoms with Crippen molar-refractivity contribution in [1.29, 1.82) is 0 Å². The van der Waals surface area contributed by atoms with Crippen molar-refractivity contribution in [3.8, 4) is 22.5 Å². The van der Waals surface area contributed by atoms with E-state index in [9.17, 15) is 0 Å². The van der Waals surface area contributed by atoms with Crippen molar-refractivity contribution in [1.82, 2.24) is 9.13 Å². The number of rotatable bonds is 3. The smallest absolute Gasteiger partial charge is 0.0547 e. The quantitative estimate of drug-likeness (QED) is 0.177. The van der Waals surface area contributed by atoms with Crippen LogP contribution in [-0.4, -0.2) is 9.13 Å². The third-order valence-corrected chi connectivity index (χ3v) is 10.5. The molecule has 0 aliphatic heterocycles. The van der Waals surface area contributed by atoms with Crippen LogP contribution >= 0.6 is 0 Å². The third-order valence-electron chi connectivity index (χ3n) is 10.5. The Morgan fingerprint density at radius 1 is 0.292 bits per heavy atom. The van der Waals surface area contributed by atoms with Gasteiger partial charge < -0.3 is 9.13 Å². The molecule has 0 N–H and O–H groups in total. The topological polar surface area (TPSA) is 9.86 Å². The van der Waals surface area contributed by atoms with E-state index < -0.39 is 0 Å². The second-order valence-electron chi connectivity index (χ2n) is 12.9. The van der Waals surface area contributed by atoms with Gasteiger partial charge in [-0.2, -0.15) is 0 Å². The summed E-state index contributed by atoms with van der Waals surface area (Å²) >= 11 is 0. The number of hydrogen-bond donors (Lipinski definition) is 0. The molecule has 0 saturated carbocycles. The number of nitrogens with zero attached hydrogens (tertiary/aromatic N) is 2. The monoisotopic (exact) mass is 608 g/mol. The van der Waals surface area contributed by atoms with E-state index >= 15 is 0 Å². The Labute approximate surface area is 276 Å². The van der Waals surface area contributed by atoms with Gasteiger partial charge in [0.25, 0.3) is 0 Å². The Kier molecular flexibility index (Phi) is 5.14. The van der Waals surface area contributed by atoms with Crippen molar-refractivity contribution < 1.29 is 0 Å². The lowest BCUT2D eigenvalue weighted by Gasteiger charge is -2.21. The minimum atomic E-state index is 1.20. The van der Waals surface area contributed by atoms with Gasteiger partial charge in [0.15, 0.2) is 0 Å². The fourth-order valence-electron chi connectivity index (χ4n) is 8.46. The average Bonchev–Trinajstić information content (AvgIpc) is 3.67. The van der Waals surface area contributed by atoms with Crippen molar-refractivity contribution in [2.24, 2.45) is 0 Å². The van der Waals surface area contributed by atoms with Gasteiger partial charge in [-0.3, -0.25) is 0 Å². The van der Waals surface area contributed by atoms with Crippen molar-refractivity contribution in [2.45, 2.75) is 0 Å². The standard InChI is InChI=1S/C46H28N2/c1-2-12-29(13-3-1)38-28-44(48-41-20-10-6-16-33(41)34-17-7-11-21-42(34)48)37-24-22-30-23-27-43(36-26-25-35(38)46(37)45(30)36)47-39-18-8-4-14-31(39)32-15-5-9-19-40(32)47/h1-28H. The summed E-state index contributed by atoms with van der Waals surface area (Å²) in [5.74, 6) is 0. The Balaban J connectivity index is 1.33. The van der Waals surface area contributed by atoms with E-state index in [4.69, 9.17) is 0 Å². The van der Waals surface area contributed by atoms with Crippen LogP contribution in [0.3, 0.4) is 0 Å². The molecule has 2 heterocycles. The van der Waals surface area contributed by atoms with Gasteiger partial charge in [0.1, 0.15) is 0 Å². The molecular formula is C46H28N2. The first-order chi connectivity index (χ1) is 23.8. The summed E-state index contributed by atoms with van der Waals surface area (Å²) in [6.07, 6.45) is 0. The van der Waals surface area contributed by atoms with Gasteiger partial charge in [0, 0.05) is 37.7 Å². The predicted molar refractivity (Wildman–Crippen MR) is 204 cm³/mol. The van der Waals surface area contributed by atoms with Crippen LogP contribution in [0.1, 0.15) is 0 Å². The van der Waals surface area contributed by atoms with E-state index in [1.54, 1.807) is 0 Å². The highest BCUT2D eigenvalue weighted by molar-refractivity contribution is 6.29. The van der Waals surface area contributed by atoms with Gasteiger partial charge in [-0.15, -0.1) is 0 Å². The normalized spacial score (nSPS) is 12.2. The first kappa shape index (κ1) is 25.8. The summed E-state index contributed by atoms with van der Waals surface area (Å²) < 4.78 is 4.94. The summed E-state index contributed by atoms with van der Waals surface area (Å²) in [5, 5.41) is 12.8. The SMILES string of the molecule is c1ccc(-c2cc(-n3c4ccccc4c4ccccc43)c3ccc4ccc(-n5c6ccccc6c6ccccc65)c5ccc2c3c45)cc1. The van der Waals surface area contributed by atoms with E-state index in [1.165, 1.54) is 98.4 Å². The molecule has 0 amide bonds. The van der Waals surface area contributed by atoms with Gasteiger partial charge in [0.2, 0.25) is 0 Å². The molecule has 11 rings (SSSR count). The zero-order valence-corrected chi connectivity index (χ0v) is 26.1. The molecule has 222 valence electrons. The molecule has 2 heteroatoms. The fraction of sp³-hybridized carbons (Fsp3) is 0. The van der Waals surface area contributed by atoms with Gasteiger partial charge in [-0.1, -0.05) is 133 Å². The van der Waals surface area contributed by atoms with Crippen LogP contribution in [0.2, 0.25) is 0 Å². The molecule has 0 unspecified atom stereocenters. The van der Waals surface area contributed by atoms with Crippen molar-refractivity contribution >= 4 is 75.9 Å². The third kappa shape index (κ3) is 3.36.